The van der Waals surface area contributed by atoms with Gasteiger partial charge in [-0.2, -0.15) is 13.2 Å². The van der Waals surface area contributed by atoms with Crippen molar-refractivity contribution in [1.82, 2.24) is 0 Å². The van der Waals surface area contributed by atoms with Crippen LogP contribution in [0.3, 0.4) is 0 Å². The number of aryl methyl sites for hydroxylation is 1. The second-order valence-corrected chi connectivity index (χ2v) is 9.64. The van der Waals surface area contributed by atoms with Gasteiger partial charge in [0, 0.05) is 6.42 Å². The number of anilines is 1. The van der Waals surface area contributed by atoms with E-state index >= 15 is 0 Å². The summed E-state index contributed by atoms with van der Waals surface area (Å²) in [6, 6.07) is 3.93. The number of carbonyl (C=O) groups excluding carboxylic acids is 2. The number of benzene rings is 1. The lowest BCUT2D eigenvalue weighted by Gasteiger charge is -2.31. The van der Waals surface area contributed by atoms with Crippen LogP contribution in [0.2, 0.25) is 0 Å². The van der Waals surface area contributed by atoms with Crippen LogP contribution >= 0.6 is 0 Å². The van der Waals surface area contributed by atoms with Gasteiger partial charge in [0.05, 0.1) is 17.5 Å². The number of rotatable bonds is 8. The molecule has 1 aromatic carbocycles. The summed E-state index contributed by atoms with van der Waals surface area (Å²) in [5.74, 6) is -6.08. The number of hydrogen-bond donors (Lipinski definition) is 1. The number of carbonyl (C=O) groups is 2. The summed E-state index contributed by atoms with van der Waals surface area (Å²) < 4.78 is 60.5. The first-order valence-corrected chi connectivity index (χ1v) is 11.5. The Bertz CT molecular complexity index is 944. The number of esters is 1. The Morgan fingerprint density at radius 2 is 1.88 bits per heavy atom. The third-order valence-electron chi connectivity index (χ3n) is 5.76. The quantitative estimate of drug-likeness (QED) is 0.328. The molecule has 1 aliphatic rings. The van der Waals surface area contributed by atoms with Gasteiger partial charge in [-0.3, -0.25) is 9.59 Å². The highest BCUT2D eigenvalue weighted by Crippen LogP contribution is 2.39. The maximum absolute atomic E-state index is 14.4. The van der Waals surface area contributed by atoms with Gasteiger partial charge < -0.3 is 10.1 Å². The first-order chi connectivity index (χ1) is 15.7. The predicted octanol–water partition coefficient (Wildman–Crippen LogP) is 6.77. The molecule has 0 aliphatic heterocycles. The van der Waals surface area contributed by atoms with Crippen molar-refractivity contribution in [1.29, 1.82) is 0 Å². The molecule has 0 saturated carbocycles. The van der Waals surface area contributed by atoms with Crippen LogP contribution < -0.4 is 5.32 Å². The molecule has 1 amide bonds. The number of hydrogen-bond acceptors (Lipinski definition) is 3. The van der Waals surface area contributed by atoms with Crippen LogP contribution in [0.15, 0.2) is 42.0 Å². The molecule has 0 radical (unpaired) electrons. The monoisotopic (exact) mass is 483 g/mol. The van der Waals surface area contributed by atoms with Gasteiger partial charge in [-0.15, -0.1) is 0 Å². The zero-order chi connectivity index (χ0) is 25.7. The lowest BCUT2D eigenvalue weighted by atomic mass is 9.77. The summed E-state index contributed by atoms with van der Waals surface area (Å²) in [5.41, 5.74) is 0.703. The van der Waals surface area contributed by atoms with Gasteiger partial charge in [0.15, 0.2) is 0 Å². The third-order valence-corrected chi connectivity index (χ3v) is 5.76. The Labute approximate surface area is 198 Å². The number of amides is 1. The van der Waals surface area contributed by atoms with E-state index in [0.717, 1.165) is 25.0 Å². The number of allylic oxidation sites excluding steroid dienone is 4. The zero-order valence-corrected chi connectivity index (χ0v) is 20.3. The highest BCUT2D eigenvalue weighted by molar-refractivity contribution is 5.93. The molecule has 1 aromatic rings. The predicted molar refractivity (Wildman–Crippen MR) is 124 cm³/mol. The molecule has 0 heterocycles. The first-order valence-electron chi connectivity index (χ1n) is 11.5. The Morgan fingerprint density at radius 1 is 1.21 bits per heavy atom. The van der Waals surface area contributed by atoms with Crippen LogP contribution in [0, 0.1) is 23.6 Å². The second-order valence-electron chi connectivity index (χ2n) is 9.64. The molecule has 8 heteroatoms. The minimum absolute atomic E-state index is 0.0446. The lowest BCUT2D eigenvalue weighted by molar-refractivity contribution is -0.188. The standard InChI is InChI=1S/C26H33F4NO3/c1-6-17-7-11-19(12-8-17)23(16(2)26(28,29)30)24(33)31-21-15-18(9-13-20(21)27)10-14-22(32)34-25(3,4)5/h7-9,11,13,15-16,19,23H,6,10,12,14H2,1-5H3,(H,31,33)/t16-,19?,23+/m1/s1. The second kappa shape index (κ2) is 11.2. The number of halogens is 4. The fraction of sp³-hybridized carbons (Fsp3) is 0.538. The Balaban J connectivity index is 2.19. The summed E-state index contributed by atoms with van der Waals surface area (Å²) in [6.07, 6.45) is 1.96. The van der Waals surface area contributed by atoms with E-state index in [-0.39, 0.29) is 18.5 Å². The number of nitrogens with one attached hydrogen (secondary N) is 1. The van der Waals surface area contributed by atoms with E-state index < -0.39 is 47.2 Å². The molecule has 1 unspecified atom stereocenters. The van der Waals surface area contributed by atoms with Crippen molar-refractivity contribution in [3.05, 3.63) is 53.4 Å². The van der Waals surface area contributed by atoms with Gasteiger partial charge in [0.2, 0.25) is 5.91 Å². The van der Waals surface area contributed by atoms with E-state index in [1.807, 2.05) is 13.0 Å². The van der Waals surface area contributed by atoms with Gasteiger partial charge in [0.1, 0.15) is 11.4 Å². The molecule has 0 fully saturated rings. The summed E-state index contributed by atoms with van der Waals surface area (Å²) in [5, 5.41) is 2.37. The normalized spacial score (nSPS) is 18.1. The minimum Gasteiger partial charge on any atom is -0.460 e. The van der Waals surface area contributed by atoms with Crippen molar-refractivity contribution >= 4 is 17.6 Å². The van der Waals surface area contributed by atoms with Crippen molar-refractivity contribution in [3.8, 4) is 0 Å². The Hall–Kier alpha value is -2.64. The van der Waals surface area contributed by atoms with Crippen LogP contribution in [0.4, 0.5) is 23.2 Å². The molecule has 0 saturated heterocycles. The number of alkyl halides is 3. The van der Waals surface area contributed by atoms with E-state index in [9.17, 15) is 27.2 Å². The Morgan fingerprint density at radius 3 is 2.41 bits per heavy atom. The summed E-state index contributed by atoms with van der Waals surface area (Å²) >= 11 is 0. The van der Waals surface area contributed by atoms with E-state index in [2.05, 4.69) is 5.32 Å². The molecule has 1 N–H and O–H groups in total. The largest absolute Gasteiger partial charge is 0.460 e. The Kier molecular flexibility index (Phi) is 9.08. The van der Waals surface area contributed by atoms with E-state index in [1.54, 1.807) is 32.9 Å². The molecule has 0 bridgehead atoms. The SMILES string of the molecule is CCC1=CCC([C@@H](C(=O)Nc2cc(CCC(=O)OC(C)(C)C)ccc2F)[C@@H](C)C(F)(F)F)C=C1. The van der Waals surface area contributed by atoms with E-state index in [0.29, 0.717) is 12.0 Å². The van der Waals surface area contributed by atoms with Crippen molar-refractivity contribution in [2.24, 2.45) is 17.8 Å². The van der Waals surface area contributed by atoms with Gasteiger partial charge >= 0.3 is 12.1 Å². The van der Waals surface area contributed by atoms with Crippen molar-refractivity contribution in [2.45, 2.75) is 72.1 Å². The molecule has 3 atom stereocenters. The highest BCUT2D eigenvalue weighted by atomic mass is 19.4. The average Bonchev–Trinajstić information content (AvgIpc) is 2.73. The van der Waals surface area contributed by atoms with Crippen LogP contribution in [0.25, 0.3) is 0 Å². The zero-order valence-electron chi connectivity index (χ0n) is 20.3. The molecule has 0 spiro atoms. The van der Waals surface area contributed by atoms with Crippen LogP contribution in [-0.2, 0) is 20.7 Å². The molecule has 188 valence electrons. The minimum atomic E-state index is -4.58. The van der Waals surface area contributed by atoms with Crippen molar-refractivity contribution < 1.29 is 31.9 Å². The topological polar surface area (TPSA) is 55.4 Å². The molecule has 1 aliphatic carbocycles. The maximum atomic E-state index is 14.4. The van der Waals surface area contributed by atoms with E-state index in [1.165, 1.54) is 12.1 Å². The molecule has 34 heavy (non-hydrogen) atoms. The van der Waals surface area contributed by atoms with Crippen LogP contribution in [-0.4, -0.2) is 23.7 Å². The third kappa shape index (κ3) is 7.99. The fourth-order valence-electron chi connectivity index (χ4n) is 3.88. The first kappa shape index (κ1) is 27.6. The van der Waals surface area contributed by atoms with E-state index in [4.69, 9.17) is 4.74 Å². The average molecular weight is 484 g/mol. The van der Waals surface area contributed by atoms with Gasteiger partial charge in [0.25, 0.3) is 0 Å². The highest BCUT2D eigenvalue weighted by Gasteiger charge is 2.47. The van der Waals surface area contributed by atoms with Gasteiger partial charge in [-0.05, 0) is 63.6 Å². The summed E-state index contributed by atoms with van der Waals surface area (Å²) in [7, 11) is 0. The summed E-state index contributed by atoms with van der Waals surface area (Å²) in [4.78, 5) is 25.0. The summed E-state index contributed by atoms with van der Waals surface area (Å²) in [6.45, 7) is 8.15. The molecular formula is C26H33F4NO3. The van der Waals surface area contributed by atoms with Gasteiger partial charge in [-0.25, -0.2) is 4.39 Å². The molecule has 4 nitrogen and oxygen atoms in total. The molecule has 0 aromatic heterocycles. The van der Waals surface area contributed by atoms with Gasteiger partial charge in [-0.1, -0.05) is 43.7 Å². The lowest BCUT2D eigenvalue weighted by Crippen LogP contribution is -2.40. The number of ether oxygens (including phenoxy) is 1. The fourth-order valence-corrected chi connectivity index (χ4v) is 3.88. The molecular weight excluding hydrogens is 450 g/mol. The van der Waals surface area contributed by atoms with Crippen molar-refractivity contribution in [2.75, 3.05) is 5.32 Å². The van der Waals surface area contributed by atoms with Crippen LogP contribution in [0.5, 0.6) is 0 Å². The van der Waals surface area contributed by atoms with Crippen molar-refractivity contribution in [3.63, 3.8) is 0 Å². The smallest absolute Gasteiger partial charge is 0.392 e. The molecule has 2 rings (SSSR count). The maximum Gasteiger partial charge on any atom is 0.392 e. The van der Waals surface area contributed by atoms with Crippen LogP contribution in [0.1, 0.15) is 59.4 Å².